The Morgan fingerprint density at radius 2 is 1.97 bits per heavy atom. The molecule has 0 aromatic heterocycles. The van der Waals surface area contributed by atoms with Gasteiger partial charge in [-0.05, 0) is 54.7 Å². The smallest absolute Gasteiger partial charge is 0.306 e. The summed E-state index contributed by atoms with van der Waals surface area (Å²) < 4.78 is 28.9. The van der Waals surface area contributed by atoms with E-state index in [9.17, 15) is 28.3 Å². The number of hydrogen-bond acceptors (Lipinski definition) is 6. The first-order valence-electron chi connectivity index (χ1n) is 12.0. The van der Waals surface area contributed by atoms with Crippen LogP contribution < -0.4 is 9.62 Å². The second-order valence-corrected chi connectivity index (χ2v) is 11.5. The van der Waals surface area contributed by atoms with E-state index in [4.69, 9.17) is 16.3 Å². The molecule has 3 rings (SSSR count). The molecule has 0 radical (unpaired) electrons. The highest BCUT2D eigenvalue weighted by Crippen LogP contribution is 2.42. The van der Waals surface area contributed by atoms with Crippen LogP contribution in [0.1, 0.15) is 52.0 Å². The van der Waals surface area contributed by atoms with Crippen LogP contribution in [-0.2, 0) is 36.8 Å². The topological polar surface area (TPSA) is 136 Å². The Morgan fingerprint density at radius 3 is 2.56 bits per heavy atom. The van der Waals surface area contributed by atoms with E-state index in [2.05, 4.69) is 19.2 Å². The summed E-state index contributed by atoms with van der Waals surface area (Å²) in [5.74, 6) is -1.85. The van der Waals surface area contributed by atoms with Crippen LogP contribution in [0.4, 0.5) is 11.4 Å². The van der Waals surface area contributed by atoms with Gasteiger partial charge < -0.3 is 20.1 Å². The molecule has 1 aromatic rings. The largest absolute Gasteiger partial charge is 0.481 e. The van der Waals surface area contributed by atoms with Crippen LogP contribution in [-0.4, -0.2) is 68.9 Å². The highest BCUT2D eigenvalue weighted by molar-refractivity contribution is 7.80. The number of carbonyl (C=O) groups excluding carboxylic acids is 2. The van der Waals surface area contributed by atoms with Crippen molar-refractivity contribution in [3.8, 4) is 0 Å². The molecule has 200 valence electrons. The van der Waals surface area contributed by atoms with E-state index >= 15 is 0 Å². The molecule has 0 bridgehead atoms. The van der Waals surface area contributed by atoms with Gasteiger partial charge in [-0.2, -0.15) is 0 Å². The molecule has 12 heteroatoms. The number of ether oxygens (including phenoxy) is 1. The molecule has 2 heterocycles. The van der Waals surface area contributed by atoms with Crippen molar-refractivity contribution in [2.75, 3.05) is 35.9 Å². The maximum atomic E-state index is 13.6. The average molecular weight is 544 g/mol. The summed E-state index contributed by atoms with van der Waals surface area (Å²) in [6.07, 6.45) is 2.03. The van der Waals surface area contributed by atoms with E-state index in [0.29, 0.717) is 62.6 Å². The van der Waals surface area contributed by atoms with E-state index in [1.807, 2.05) is 0 Å². The SMILES string of the molecule is CC(=O)OCCC1CCN(C(=O)C(CC(=O)O)N(c2cc(Cl)cc3c2NCC(C)(C)C3)S(=O)O)CC1. The third kappa shape index (κ3) is 7.10. The maximum Gasteiger partial charge on any atom is 0.306 e. The number of amides is 1. The first kappa shape index (κ1) is 28.2. The first-order valence-corrected chi connectivity index (χ1v) is 13.4. The number of likely N-dealkylation sites (tertiary alicyclic amines) is 1. The lowest BCUT2D eigenvalue weighted by molar-refractivity contribution is -0.143. The van der Waals surface area contributed by atoms with Crippen molar-refractivity contribution in [3.05, 3.63) is 22.7 Å². The van der Waals surface area contributed by atoms with E-state index in [0.717, 1.165) is 9.87 Å². The molecule has 2 aliphatic heterocycles. The second-order valence-electron chi connectivity index (χ2n) is 10.2. The molecule has 0 spiro atoms. The molecule has 3 N–H and O–H groups in total. The van der Waals surface area contributed by atoms with E-state index in [1.54, 1.807) is 11.0 Å². The zero-order valence-electron chi connectivity index (χ0n) is 20.8. The predicted octanol–water partition coefficient (Wildman–Crippen LogP) is 3.31. The number of benzene rings is 1. The Labute approximate surface area is 218 Å². The zero-order chi connectivity index (χ0) is 26.6. The molecular weight excluding hydrogens is 510 g/mol. The fraction of sp³-hybridized carbons (Fsp3) is 0.625. The van der Waals surface area contributed by atoms with Gasteiger partial charge in [0.2, 0.25) is 5.91 Å². The van der Waals surface area contributed by atoms with Crippen molar-refractivity contribution in [1.82, 2.24) is 4.90 Å². The second kappa shape index (κ2) is 11.8. The van der Waals surface area contributed by atoms with Gasteiger partial charge in [0.15, 0.2) is 0 Å². The molecule has 2 atom stereocenters. The van der Waals surface area contributed by atoms with Crippen LogP contribution >= 0.6 is 11.6 Å². The van der Waals surface area contributed by atoms with Gasteiger partial charge in [0.1, 0.15) is 6.04 Å². The minimum absolute atomic E-state index is 0.0752. The van der Waals surface area contributed by atoms with Gasteiger partial charge in [0.05, 0.1) is 24.4 Å². The quantitative estimate of drug-likeness (QED) is 0.319. The lowest BCUT2D eigenvalue weighted by Gasteiger charge is -2.39. The number of nitrogens with zero attached hydrogens (tertiary/aromatic N) is 2. The van der Waals surface area contributed by atoms with E-state index in [1.165, 1.54) is 13.0 Å². The predicted molar refractivity (Wildman–Crippen MR) is 137 cm³/mol. The Kier molecular flexibility index (Phi) is 9.23. The van der Waals surface area contributed by atoms with Crippen molar-refractivity contribution in [2.24, 2.45) is 11.3 Å². The summed E-state index contributed by atoms with van der Waals surface area (Å²) in [7, 11) is 0. The third-order valence-electron chi connectivity index (χ3n) is 6.68. The molecule has 1 aromatic carbocycles. The van der Waals surface area contributed by atoms with Crippen molar-refractivity contribution < 1.29 is 33.0 Å². The number of carboxylic acid groups (broad SMARTS) is 1. The van der Waals surface area contributed by atoms with Crippen LogP contribution in [0.3, 0.4) is 0 Å². The van der Waals surface area contributed by atoms with Crippen LogP contribution in [0.2, 0.25) is 5.02 Å². The maximum absolute atomic E-state index is 13.6. The molecule has 1 amide bonds. The van der Waals surface area contributed by atoms with E-state index < -0.39 is 35.6 Å². The van der Waals surface area contributed by atoms with Gasteiger partial charge in [-0.15, -0.1) is 0 Å². The fourth-order valence-corrected chi connectivity index (χ4v) is 5.82. The normalized spacial score (nSPS) is 19.0. The van der Waals surface area contributed by atoms with Crippen molar-refractivity contribution in [1.29, 1.82) is 0 Å². The van der Waals surface area contributed by atoms with Gasteiger partial charge >= 0.3 is 11.9 Å². The van der Waals surface area contributed by atoms with Crippen LogP contribution in [0, 0.1) is 11.3 Å². The summed E-state index contributed by atoms with van der Waals surface area (Å²) in [6.45, 7) is 7.19. The highest BCUT2D eigenvalue weighted by atomic mass is 35.5. The third-order valence-corrected chi connectivity index (χ3v) is 7.68. The number of rotatable bonds is 9. The van der Waals surface area contributed by atoms with E-state index in [-0.39, 0.29) is 23.0 Å². The van der Waals surface area contributed by atoms with Crippen LogP contribution in [0.5, 0.6) is 0 Å². The Bertz CT molecular complexity index is 1030. The molecular formula is C24H34ClN3O7S. The lowest BCUT2D eigenvalue weighted by atomic mass is 9.82. The number of carbonyl (C=O) groups is 3. The molecule has 1 saturated heterocycles. The Balaban J connectivity index is 1.86. The number of fused-ring (bicyclic) bond motifs is 1. The molecule has 0 aliphatic carbocycles. The number of nitrogens with one attached hydrogen (secondary N) is 1. The lowest BCUT2D eigenvalue weighted by Crippen LogP contribution is -2.52. The van der Waals surface area contributed by atoms with Crippen LogP contribution in [0.15, 0.2) is 12.1 Å². The Hall–Kier alpha value is -2.37. The highest BCUT2D eigenvalue weighted by Gasteiger charge is 2.39. The first-order chi connectivity index (χ1) is 16.9. The summed E-state index contributed by atoms with van der Waals surface area (Å²) >= 11 is 3.67. The number of halogens is 1. The van der Waals surface area contributed by atoms with Crippen molar-refractivity contribution in [3.63, 3.8) is 0 Å². The number of aliphatic carboxylic acids is 1. The number of anilines is 2. The molecule has 2 aliphatic rings. The average Bonchev–Trinajstić information content (AvgIpc) is 2.76. The monoisotopic (exact) mass is 543 g/mol. The van der Waals surface area contributed by atoms with Gasteiger partial charge in [0, 0.05) is 31.6 Å². The molecule has 10 nitrogen and oxygen atoms in total. The Morgan fingerprint density at radius 1 is 1.31 bits per heavy atom. The van der Waals surface area contributed by atoms with Gasteiger partial charge in [-0.3, -0.25) is 23.2 Å². The summed E-state index contributed by atoms with van der Waals surface area (Å²) in [6, 6.07) is 1.87. The summed E-state index contributed by atoms with van der Waals surface area (Å²) in [5.41, 5.74) is 1.56. The molecule has 0 saturated carbocycles. The minimum Gasteiger partial charge on any atom is -0.481 e. The van der Waals surface area contributed by atoms with Crippen LogP contribution in [0.25, 0.3) is 0 Å². The summed E-state index contributed by atoms with van der Waals surface area (Å²) in [4.78, 5) is 37.9. The fourth-order valence-electron chi connectivity index (χ4n) is 4.89. The number of piperidine rings is 1. The van der Waals surface area contributed by atoms with Gasteiger partial charge in [0.25, 0.3) is 11.3 Å². The van der Waals surface area contributed by atoms with Crippen molar-refractivity contribution >= 4 is 52.1 Å². The number of esters is 1. The number of hydrogen-bond donors (Lipinski definition) is 3. The van der Waals surface area contributed by atoms with Gasteiger partial charge in [-0.1, -0.05) is 25.4 Å². The van der Waals surface area contributed by atoms with Crippen molar-refractivity contribution in [2.45, 2.75) is 58.9 Å². The standard InChI is InChI=1S/C24H34ClN3O7S/c1-15(29)35-9-6-16-4-7-27(8-5-16)23(32)20(12-21(30)31)28(36(33)34)19-11-18(25)10-17-13-24(2,3)14-26-22(17)19/h10-11,16,20,26H,4-9,12-14H2,1-3H3,(H,30,31)(H,33,34). The molecule has 1 fully saturated rings. The van der Waals surface area contributed by atoms with Gasteiger partial charge in [-0.25, -0.2) is 4.21 Å². The minimum atomic E-state index is -2.69. The molecule has 36 heavy (non-hydrogen) atoms. The zero-order valence-corrected chi connectivity index (χ0v) is 22.4. The number of carboxylic acids is 1. The summed E-state index contributed by atoms with van der Waals surface area (Å²) in [5, 5.41) is 13.2. The molecule has 2 unspecified atom stereocenters.